The number of likely N-dealkylation sites (N-methyl/N-ethyl adjacent to an activating group) is 1. The largest absolute Gasteiger partial charge is 0.332 e. The number of piperidine rings is 1. The van der Waals surface area contributed by atoms with E-state index in [2.05, 4.69) is 32.8 Å². The molecular formula is C23H34N4O3S. The zero-order valence-corrected chi connectivity index (χ0v) is 19.3. The fraction of sp³-hybridized carbons (Fsp3) is 0.696. The number of anilines is 1. The summed E-state index contributed by atoms with van der Waals surface area (Å²) >= 11 is 0. The Hall–Kier alpha value is -1.64. The molecule has 170 valence electrons. The summed E-state index contributed by atoms with van der Waals surface area (Å²) in [5, 5.41) is 2.45. The Morgan fingerprint density at radius 1 is 1.03 bits per heavy atom. The number of likely N-dealkylation sites (tertiary alicyclic amines) is 2. The molecular weight excluding hydrogens is 412 g/mol. The van der Waals surface area contributed by atoms with Gasteiger partial charge in [-0.2, -0.15) is 0 Å². The van der Waals surface area contributed by atoms with Gasteiger partial charge in [0.15, 0.2) is 0 Å². The predicted octanol–water partition coefficient (Wildman–Crippen LogP) is 2.28. The molecule has 2 aliphatic carbocycles. The van der Waals surface area contributed by atoms with Gasteiger partial charge in [0.1, 0.15) is 0 Å². The normalized spacial score (nSPS) is 22.7. The lowest BCUT2D eigenvalue weighted by Gasteiger charge is -2.47. The second kappa shape index (κ2) is 8.37. The molecule has 2 fully saturated rings. The standard InChI is InChI=1S/C23H34N4O3S/c1-2-26-14-18(15-26)27-11-9-19(10-12-27)31(29,30)25-23(28)24-22-20-7-3-5-16(20)13-17-6-4-8-21(17)22/h13,18-19H,2-12,14-15H2,1H3,(H2,24,25,28). The number of carbonyl (C=O) groups is 1. The predicted molar refractivity (Wildman–Crippen MR) is 122 cm³/mol. The maximum Gasteiger partial charge on any atom is 0.332 e. The first-order valence-electron chi connectivity index (χ1n) is 11.9. The minimum Gasteiger partial charge on any atom is -0.307 e. The SMILES string of the molecule is CCN1CC(N2CCC(S(=O)(=O)NC(=O)Nc3c4c(cc5c3CCC5)CCC4)CC2)C1. The van der Waals surface area contributed by atoms with E-state index in [-0.39, 0.29) is 0 Å². The zero-order valence-electron chi connectivity index (χ0n) is 18.5. The summed E-state index contributed by atoms with van der Waals surface area (Å²) in [6, 6.07) is 2.26. The molecule has 2 N–H and O–H groups in total. The Balaban J connectivity index is 1.21. The van der Waals surface area contributed by atoms with Crippen molar-refractivity contribution in [3.8, 4) is 0 Å². The van der Waals surface area contributed by atoms with Crippen LogP contribution in [-0.2, 0) is 35.7 Å². The lowest BCUT2D eigenvalue weighted by atomic mass is 9.99. The number of amides is 2. The number of benzene rings is 1. The molecule has 0 saturated carbocycles. The van der Waals surface area contributed by atoms with E-state index >= 15 is 0 Å². The molecule has 0 atom stereocenters. The molecule has 0 unspecified atom stereocenters. The lowest BCUT2D eigenvalue weighted by molar-refractivity contribution is 0.0274. The molecule has 0 bridgehead atoms. The molecule has 1 aromatic carbocycles. The van der Waals surface area contributed by atoms with Gasteiger partial charge < -0.3 is 10.2 Å². The second-order valence-electron chi connectivity index (χ2n) is 9.58. The van der Waals surface area contributed by atoms with Crippen molar-refractivity contribution < 1.29 is 13.2 Å². The minimum absolute atomic E-state index is 0.496. The van der Waals surface area contributed by atoms with Crippen LogP contribution in [0, 0.1) is 0 Å². The molecule has 0 radical (unpaired) electrons. The third-order valence-corrected chi connectivity index (χ3v) is 9.58. The van der Waals surface area contributed by atoms with Crippen molar-refractivity contribution >= 4 is 21.7 Å². The number of hydrogen-bond acceptors (Lipinski definition) is 5. The summed E-state index contributed by atoms with van der Waals surface area (Å²) in [7, 11) is -3.68. The van der Waals surface area contributed by atoms with Gasteiger partial charge in [0, 0.05) is 24.8 Å². The molecule has 31 heavy (non-hydrogen) atoms. The topological polar surface area (TPSA) is 81.8 Å². The summed E-state index contributed by atoms with van der Waals surface area (Å²) < 4.78 is 28.2. The quantitative estimate of drug-likeness (QED) is 0.725. The maximum atomic E-state index is 12.9. The van der Waals surface area contributed by atoms with Crippen molar-refractivity contribution in [2.24, 2.45) is 0 Å². The van der Waals surface area contributed by atoms with Crippen LogP contribution in [0.4, 0.5) is 10.5 Å². The van der Waals surface area contributed by atoms with E-state index in [9.17, 15) is 13.2 Å². The van der Waals surface area contributed by atoms with Crippen LogP contribution in [0.3, 0.4) is 0 Å². The molecule has 7 nitrogen and oxygen atoms in total. The third-order valence-electron chi connectivity index (χ3n) is 7.76. The van der Waals surface area contributed by atoms with Gasteiger partial charge in [0.05, 0.1) is 5.25 Å². The van der Waals surface area contributed by atoms with E-state index in [0.29, 0.717) is 18.9 Å². The van der Waals surface area contributed by atoms with Crippen molar-refractivity contribution in [3.63, 3.8) is 0 Å². The van der Waals surface area contributed by atoms with Gasteiger partial charge in [-0.05, 0) is 93.3 Å². The molecule has 0 spiro atoms. The third kappa shape index (κ3) is 4.10. The van der Waals surface area contributed by atoms with Crippen molar-refractivity contribution in [3.05, 3.63) is 28.3 Å². The van der Waals surface area contributed by atoms with Crippen molar-refractivity contribution in [1.82, 2.24) is 14.5 Å². The summed E-state index contributed by atoms with van der Waals surface area (Å²) in [5.74, 6) is 0. The van der Waals surface area contributed by atoms with Crippen LogP contribution in [0.25, 0.3) is 0 Å². The van der Waals surface area contributed by atoms with E-state index in [0.717, 1.165) is 76.9 Å². The Morgan fingerprint density at radius 2 is 1.65 bits per heavy atom. The van der Waals surface area contributed by atoms with Crippen LogP contribution in [-0.4, -0.2) is 68.3 Å². The maximum absolute atomic E-state index is 12.9. The highest BCUT2D eigenvalue weighted by atomic mass is 32.2. The van der Waals surface area contributed by atoms with Crippen molar-refractivity contribution in [2.45, 2.75) is 69.6 Å². The van der Waals surface area contributed by atoms with Gasteiger partial charge in [-0.25, -0.2) is 17.9 Å². The smallest absolute Gasteiger partial charge is 0.307 e. The molecule has 5 rings (SSSR count). The second-order valence-corrected chi connectivity index (χ2v) is 11.5. The number of hydrogen-bond donors (Lipinski definition) is 2. The lowest BCUT2D eigenvalue weighted by Crippen LogP contribution is -2.61. The summed E-state index contributed by atoms with van der Waals surface area (Å²) in [4.78, 5) is 17.6. The van der Waals surface area contributed by atoms with Crippen LogP contribution in [0.15, 0.2) is 6.07 Å². The highest BCUT2D eigenvalue weighted by Crippen LogP contribution is 2.38. The fourth-order valence-electron chi connectivity index (χ4n) is 5.90. The Labute approximate surface area is 185 Å². The monoisotopic (exact) mass is 446 g/mol. The molecule has 2 aliphatic heterocycles. The zero-order chi connectivity index (χ0) is 21.6. The Kier molecular flexibility index (Phi) is 5.73. The van der Waals surface area contributed by atoms with Crippen LogP contribution in [0.2, 0.25) is 0 Å². The van der Waals surface area contributed by atoms with E-state index in [1.165, 1.54) is 22.3 Å². The number of rotatable bonds is 5. The number of carbonyl (C=O) groups excluding carboxylic acids is 1. The molecule has 0 aromatic heterocycles. The summed E-state index contributed by atoms with van der Waals surface area (Å²) in [6.07, 6.45) is 7.38. The van der Waals surface area contributed by atoms with Gasteiger partial charge >= 0.3 is 6.03 Å². The number of aryl methyl sites for hydroxylation is 2. The van der Waals surface area contributed by atoms with Crippen LogP contribution in [0.5, 0.6) is 0 Å². The molecule has 1 aromatic rings. The van der Waals surface area contributed by atoms with E-state index < -0.39 is 21.3 Å². The molecule has 2 amide bonds. The minimum atomic E-state index is -3.68. The van der Waals surface area contributed by atoms with Crippen LogP contribution < -0.4 is 10.0 Å². The Morgan fingerprint density at radius 3 is 2.23 bits per heavy atom. The number of sulfonamides is 1. The highest BCUT2D eigenvalue weighted by molar-refractivity contribution is 7.90. The highest BCUT2D eigenvalue weighted by Gasteiger charge is 2.37. The van der Waals surface area contributed by atoms with Crippen LogP contribution in [0.1, 0.15) is 54.9 Å². The van der Waals surface area contributed by atoms with Crippen molar-refractivity contribution in [1.29, 1.82) is 0 Å². The number of fused-ring (bicyclic) bond motifs is 2. The molecule has 8 heteroatoms. The average molecular weight is 447 g/mol. The number of urea groups is 1. The van der Waals surface area contributed by atoms with Gasteiger partial charge in [0.25, 0.3) is 0 Å². The van der Waals surface area contributed by atoms with Gasteiger partial charge in [-0.15, -0.1) is 0 Å². The first kappa shape index (κ1) is 21.2. The van der Waals surface area contributed by atoms with Gasteiger partial charge in [-0.3, -0.25) is 4.90 Å². The summed E-state index contributed by atoms with van der Waals surface area (Å²) in [5.41, 5.74) is 5.95. The van der Waals surface area contributed by atoms with Gasteiger partial charge in [0.2, 0.25) is 10.0 Å². The molecule has 2 heterocycles. The first-order chi connectivity index (χ1) is 14.9. The Bertz CT molecular complexity index is 931. The fourth-order valence-corrected chi connectivity index (χ4v) is 7.21. The van der Waals surface area contributed by atoms with E-state index in [1.807, 2.05) is 0 Å². The average Bonchev–Trinajstić information content (AvgIpc) is 3.36. The van der Waals surface area contributed by atoms with Crippen LogP contribution >= 0.6 is 0 Å². The summed E-state index contributed by atoms with van der Waals surface area (Å²) in [6.45, 7) is 6.99. The molecule has 2 saturated heterocycles. The number of nitrogens with zero attached hydrogens (tertiary/aromatic N) is 2. The first-order valence-corrected chi connectivity index (χ1v) is 13.4. The van der Waals surface area contributed by atoms with Crippen molar-refractivity contribution in [2.75, 3.05) is 38.0 Å². The van der Waals surface area contributed by atoms with E-state index in [1.54, 1.807) is 0 Å². The van der Waals surface area contributed by atoms with E-state index in [4.69, 9.17) is 0 Å². The molecule has 4 aliphatic rings. The number of nitrogens with one attached hydrogen (secondary N) is 2. The van der Waals surface area contributed by atoms with Gasteiger partial charge in [-0.1, -0.05) is 13.0 Å².